The summed E-state index contributed by atoms with van der Waals surface area (Å²) in [4.78, 5) is 16.1. The Morgan fingerprint density at radius 3 is 2.37 bits per heavy atom. The van der Waals surface area contributed by atoms with Crippen LogP contribution in [0.5, 0.6) is 0 Å². The van der Waals surface area contributed by atoms with Crippen molar-refractivity contribution in [3.63, 3.8) is 0 Å². The number of ketones is 1. The van der Waals surface area contributed by atoms with Gasteiger partial charge in [0.2, 0.25) is 5.95 Å². The maximum absolute atomic E-state index is 11.6. The molecule has 3 rings (SSSR count). The van der Waals surface area contributed by atoms with Gasteiger partial charge >= 0.3 is 0 Å². The summed E-state index contributed by atoms with van der Waals surface area (Å²) in [5.41, 5.74) is 4.89. The van der Waals surface area contributed by atoms with Gasteiger partial charge in [0.1, 0.15) is 0 Å². The number of carbonyl (C=O) groups excluding carboxylic acids is 1. The second kappa shape index (κ2) is 8.40. The van der Waals surface area contributed by atoms with Crippen molar-refractivity contribution in [1.82, 2.24) is 15.2 Å². The molecule has 3 aromatic rings. The van der Waals surface area contributed by atoms with Gasteiger partial charge < -0.3 is 10.6 Å². The van der Waals surface area contributed by atoms with Crippen molar-refractivity contribution in [2.45, 2.75) is 33.6 Å². The lowest BCUT2D eigenvalue weighted by Gasteiger charge is -2.14. The number of rotatable bonds is 7. The first kappa shape index (κ1) is 18.5. The molecule has 0 aliphatic heterocycles. The van der Waals surface area contributed by atoms with E-state index in [4.69, 9.17) is 0 Å². The van der Waals surface area contributed by atoms with E-state index in [2.05, 4.69) is 57.9 Å². The van der Waals surface area contributed by atoms with E-state index in [9.17, 15) is 4.79 Å². The Morgan fingerprint density at radius 2 is 1.70 bits per heavy atom. The molecule has 1 aromatic heterocycles. The summed E-state index contributed by atoms with van der Waals surface area (Å²) in [5.74, 6) is 1.00. The first-order valence-corrected chi connectivity index (χ1v) is 9.06. The maximum atomic E-state index is 11.6. The van der Waals surface area contributed by atoms with E-state index in [1.807, 2.05) is 12.1 Å². The van der Waals surface area contributed by atoms with Crippen LogP contribution in [-0.4, -0.2) is 21.0 Å². The average Bonchev–Trinajstić information content (AvgIpc) is 2.68. The van der Waals surface area contributed by atoms with Crippen molar-refractivity contribution < 1.29 is 4.79 Å². The van der Waals surface area contributed by atoms with E-state index in [0.29, 0.717) is 17.3 Å². The van der Waals surface area contributed by atoms with Gasteiger partial charge in [0, 0.05) is 16.9 Å². The van der Waals surface area contributed by atoms with E-state index >= 15 is 0 Å². The predicted molar refractivity (Wildman–Crippen MR) is 108 cm³/mol. The van der Waals surface area contributed by atoms with Gasteiger partial charge in [-0.1, -0.05) is 44.2 Å². The zero-order valence-electron chi connectivity index (χ0n) is 15.8. The molecule has 6 nitrogen and oxygen atoms in total. The first-order chi connectivity index (χ1) is 13.1. The van der Waals surface area contributed by atoms with E-state index in [0.717, 1.165) is 24.2 Å². The number of nitrogens with zero attached hydrogens (tertiary/aromatic N) is 3. The Balaban J connectivity index is 1.85. The van der Waals surface area contributed by atoms with Gasteiger partial charge in [0.05, 0.1) is 6.20 Å². The van der Waals surface area contributed by atoms with Crippen LogP contribution in [-0.2, 0) is 12.8 Å². The number of para-hydroxylation sites is 1. The van der Waals surface area contributed by atoms with Crippen molar-refractivity contribution in [2.24, 2.45) is 0 Å². The standard InChI is InChI=1S/C21H23N5O/c1-4-15-8-6-9-16(5-2)20(15)25-21-24-19(13-22-26-21)23-18-11-7-10-17(12-18)14(3)27/h6-13H,4-5H2,1-3H3,(H2,23,24,25,26). The predicted octanol–water partition coefficient (Wildman–Crippen LogP) is 4.69. The zero-order valence-corrected chi connectivity index (χ0v) is 15.8. The highest BCUT2D eigenvalue weighted by Gasteiger charge is 2.09. The summed E-state index contributed by atoms with van der Waals surface area (Å²) in [5, 5.41) is 14.6. The van der Waals surface area contributed by atoms with Crippen LogP contribution in [0.15, 0.2) is 48.7 Å². The van der Waals surface area contributed by atoms with Crippen molar-refractivity contribution >= 4 is 28.9 Å². The minimum absolute atomic E-state index is 0.0186. The lowest BCUT2D eigenvalue weighted by Crippen LogP contribution is -2.06. The second-order valence-electron chi connectivity index (χ2n) is 6.21. The van der Waals surface area contributed by atoms with Crippen molar-refractivity contribution in [1.29, 1.82) is 0 Å². The van der Waals surface area contributed by atoms with Crippen molar-refractivity contribution in [3.8, 4) is 0 Å². The number of aryl methyl sites for hydroxylation is 2. The summed E-state index contributed by atoms with van der Waals surface area (Å²) in [6, 6.07) is 13.6. The molecular formula is C21H23N5O. The molecule has 2 N–H and O–H groups in total. The number of anilines is 4. The van der Waals surface area contributed by atoms with E-state index in [-0.39, 0.29) is 5.78 Å². The fourth-order valence-electron chi connectivity index (χ4n) is 2.90. The van der Waals surface area contributed by atoms with E-state index < -0.39 is 0 Å². The third-order valence-electron chi connectivity index (χ3n) is 4.34. The Morgan fingerprint density at radius 1 is 1.00 bits per heavy atom. The van der Waals surface area contributed by atoms with Crippen molar-refractivity contribution in [2.75, 3.05) is 10.6 Å². The lowest BCUT2D eigenvalue weighted by atomic mass is 10.0. The Bertz CT molecular complexity index is 933. The van der Waals surface area contributed by atoms with Gasteiger partial charge in [-0.15, -0.1) is 5.10 Å². The molecule has 0 bridgehead atoms. The topological polar surface area (TPSA) is 79.8 Å². The van der Waals surface area contributed by atoms with Gasteiger partial charge in [-0.3, -0.25) is 4.79 Å². The van der Waals surface area contributed by atoms with E-state index in [1.165, 1.54) is 11.1 Å². The monoisotopic (exact) mass is 361 g/mol. The summed E-state index contributed by atoms with van der Waals surface area (Å²) in [6.45, 7) is 5.79. The van der Waals surface area contributed by atoms with Crippen LogP contribution in [0.3, 0.4) is 0 Å². The van der Waals surface area contributed by atoms with Crippen LogP contribution in [0.25, 0.3) is 0 Å². The van der Waals surface area contributed by atoms with Crippen LogP contribution in [0.1, 0.15) is 42.3 Å². The zero-order chi connectivity index (χ0) is 19.2. The molecule has 0 atom stereocenters. The molecule has 0 radical (unpaired) electrons. The molecule has 0 unspecified atom stereocenters. The smallest absolute Gasteiger partial charge is 0.249 e. The fourth-order valence-corrected chi connectivity index (χ4v) is 2.90. The van der Waals surface area contributed by atoms with Crippen LogP contribution in [0.2, 0.25) is 0 Å². The molecule has 0 fully saturated rings. The Hall–Kier alpha value is -3.28. The number of benzene rings is 2. The number of Topliss-reactive ketones (excluding diaryl/α,β-unsaturated/α-hetero) is 1. The van der Waals surface area contributed by atoms with Gasteiger partial charge in [0.15, 0.2) is 11.6 Å². The third-order valence-corrected chi connectivity index (χ3v) is 4.34. The normalized spacial score (nSPS) is 10.5. The number of carbonyl (C=O) groups is 1. The van der Waals surface area contributed by atoms with Crippen LogP contribution >= 0.6 is 0 Å². The highest BCUT2D eigenvalue weighted by atomic mass is 16.1. The SMILES string of the molecule is CCc1cccc(CC)c1Nc1nncc(Nc2cccc(C(C)=O)c2)n1. The van der Waals surface area contributed by atoms with Gasteiger partial charge in [-0.05, 0) is 43.0 Å². The molecule has 0 aliphatic carbocycles. The fraction of sp³-hybridized carbons (Fsp3) is 0.238. The molecular weight excluding hydrogens is 338 g/mol. The summed E-state index contributed by atoms with van der Waals surface area (Å²) in [6.07, 6.45) is 3.39. The number of hydrogen-bond acceptors (Lipinski definition) is 6. The third kappa shape index (κ3) is 4.47. The molecule has 1 heterocycles. The molecule has 138 valence electrons. The van der Waals surface area contributed by atoms with Crippen molar-refractivity contribution in [3.05, 3.63) is 65.4 Å². The molecule has 0 saturated heterocycles. The van der Waals surface area contributed by atoms with Crippen LogP contribution < -0.4 is 10.6 Å². The summed E-state index contributed by atoms with van der Waals surface area (Å²) >= 11 is 0. The molecule has 27 heavy (non-hydrogen) atoms. The highest BCUT2D eigenvalue weighted by molar-refractivity contribution is 5.95. The molecule has 2 aromatic carbocycles. The number of aromatic nitrogens is 3. The molecule has 0 saturated carbocycles. The van der Waals surface area contributed by atoms with Gasteiger partial charge in [-0.2, -0.15) is 10.1 Å². The molecule has 6 heteroatoms. The quantitative estimate of drug-likeness (QED) is 0.595. The minimum atomic E-state index is 0.0186. The highest BCUT2D eigenvalue weighted by Crippen LogP contribution is 2.25. The lowest BCUT2D eigenvalue weighted by molar-refractivity contribution is 0.101. The molecule has 0 spiro atoms. The van der Waals surface area contributed by atoms with Gasteiger partial charge in [-0.25, -0.2) is 0 Å². The van der Waals surface area contributed by atoms with Crippen LogP contribution in [0.4, 0.5) is 23.1 Å². The minimum Gasteiger partial charge on any atom is -0.339 e. The molecule has 0 amide bonds. The molecule has 0 aliphatic rings. The largest absolute Gasteiger partial charge is 0.339 e. The van der Waals surface area contributed by atoms with Gasteiger partial charge in [0.25, 0.3) is 0 Å². The summed E-state index contributed by atoms with van der Waals surface area (Å²) < 4.78 is 0. The average molecular weight is 361 g/mol. The maximum Gasteiger partial charge on any atom is 0.249 e. The van der Waals surface area contributed by atoms with E-state index in [1.54, 1.807) is 25.3 Å². The first-order valence-electron chi connectivity index (χ1n) is 9.06. The summed E-state index contributed by atoms with van der Waals surface area (Å²) in [7, 11) is 0. The van der Waals surface area contributed by atoms with Crippen LogP contribution in [0, 0.1) is 0 Å². The Kier molecular flexibility index (Phi) is 5.76. The number of nitrogens with one attached hydrogen (secondary N) is 2. The second-order valence-corrected chi connectivity index (χ2v) is 6.21. The Labute approximate surface area is 159 Å². The number of hydrogen-bond donors (Lipinski definition) is 2.